The Labute approximate surface area is 75.8 Å². The van der Waals surface area contributed by atoms with Crippen molar-refractivity contribution < 1.29 is 0 Å². The van der Waals surface area contributed by atoms with E-state index < -0.39 is 0 Å². The van der Waals surface area contributed by atoms with Gasteiger partial charge >= 0.3 is 0 Å². The third-order valence-electron chi connectivity index (χ3n) is 0.938. The first-order chi connectivity index (χ1) is 5.72. The highest BCUT2D eigenvalue weighted by molar-refractivity contribution is 4.76. The van der Waals surface area contributed by atoms with Gasteiger partial charge in [-0.15, -0.1) is 10.2 Å². The first-order valence-electron chi connectivity index (χ1n) is 4.53. The molecule has 0 saturated carbocycles. The molecular formula is C9H21N3. The van der Waals surface area contributed by atoms with Crippen LogP contribution >= 0.6 is 0 Å². The molecule has 72 valence electrons. The summed E-state index contributed by atoms with van der Waals surface area (Å²) >= 11 is 0. The van der Waals surface area contributed by atoms with Gasteiger partial charge in [-0.1, -0.05) is 34.1 Å². The van der Waals surface area contributed by atoms with Gasteiger partial charge in [0.25, 0.3) is 0 Å². The van der Waals surface area contributed by atoms with Gasteiger partial charge in [-0.2, -0.15) is 0 Å². The topological polar surface area (TPSA) is 30.7 Å². The van der Waals surface area contributed by atoms with Crippen LogP contribution in [0, 0.1) is 6.92 Å². The molecule has 0 saturated heterocycles. The average molecular weight is 171 g/mol. The van der Waals surface area contributed by atoms with Crippen LogP contribution in [-0.4, -0.2) is 14.8 Å². The van der Waals surface area contributed by atoms with E-state index in [1.54, 1.807) is 6.33 Å². The molecule has 0 fully saturated rings. The van der Waals surface area contributed by atoms with Crippen LogP contribution in [0.4, 0.5) is 0 Å². The zero-order valence-corrected chi connectivity index (χ0v) is 9.13. The Hall–Kier alpha value is -0.860. The Bertz CT molecular complexity index is 154. The predicted octanol–water partition coefficient (Wildman–Crippen LogP) is 2.57. The van der Waals surface area contributed by atoms with Gasteiger partial charge < -0.3 is 4.57 Å². The number of aromatic nitrogens is 3. The molecule has 1 heterocycles. The van der Waals surface area contributed by atoms with E-state index in [1.807, 2.05) is 32.4 Å². The van der Waals surface area contributed by atoms with Gasteiger partial charge in [-0.3, -0.25) is 0 Å². The van der Waals surface area contributed by atoms with Gasteiger partial charge in [-0.05, 0) is 6.92 Å². The SMILES string of the molecule is CC.CCC.Cc1nncn1C. The highest BCUT2D eigenvalue weighted by Gasteiger charge is 1.85. The smallest absolute Gasteiger partial charge is 0.129 e. The van der Waals surface area contributed by atoms with E-state index in [4.69, 9.17) is 0 Å². The Morgan fingerprint density at radius 3 is 1.83 bits per heavy atom. The normalized spacial score (nSPS) is 7.50. The van der Waals surface area contributed by atoms with Crippen molar-refractivity contribution in [1.82, 2.24) is 14.8 Å². The Morgan fingerprint density at radius 2 is 1.75 bits per heavy atom. The van der Waals surface area contributed by atoms with E-state index in [0.717, 1.165) is 5.82 Å². The fourth-order valence-corrected chi connectivity index (χ4v) is 0.341. The summed E-state index contributed by atoms with van der Waals surface area (Å²) in [5, 5.41) is 7.36. The van der Waals surface area contributed by atoms with Crippen molar-refractivity contribution in [1.29, 1.82) is 0 Å². The molecule has 1 aromatic heterocycles. The van der Waals surface area contributed by atoms with Crippen LogP contribution in [0.25, 0.3) is 0 Å². The highest BCUT2D eigenvalue weighted by atomic mass is 15.2. The molecule has 0 aliphatic carbocycles. The van der Waals surface area contributed by atoms with E-state index in [1.165, 1.54) is 6.42 Å². The molecular weight excluding hydrogens is 150 g/mol. The first-order valence-corrected chi connectivity index (χ1v) is 4.53. The molecule has 0 N–H and O–H groups in total. The summed E-state index contributed by atoms with van der Waals surface area (Å²) in [4.78, 5) is 0. The molecule has 0 spiro atoms. The van der Waals surface area contributed by atoms with E-state index in [0.29, 0.717) is 0 Å². The van der Waals surface area contributed by atoms with Crippen LogP contribution in [0.5, 0.6) is 0 Å². The van der Waals surface area contributed by atoms with Gasteiger partial charge in [0.2, 0.25) is 0 Å². The van der Waals surface area contributed by atoms with Gasteiger partial charge in [0.15, 0.2) is 0 Å². The minimum absolute atomic E-state index is 0.944. The molecule has 3 heteroatoms. The average Bonchev–Trinajstić information content (AvgIpc) is 2.42. The van der Waals surface area contributed by atoms with Crippen LogP contribution < -0.4 is 0 Å². The molecule has 0 radical (unpaired) electrons. The summed E-state index contributed by atoms with van der Waals surface area (Å²) in [5.41, 5.74) is 0. The number of rotatable bonds is 0. The van der Waals surface area contributed by atoms with Crippen molar-refractivity contribution in [2.24, 2.45) is 7.05 Å². The molecule has 0 unspecified atom stereocenters. The lowest BCUT2D eigenvalue weighted by Crippen LogP contribution is -1.86. The molecule has 0 atom stereocenters. The maximum Gasteiger partial charge on any atom is 0.129 e. The summed E-state index contributed by atoms with van der Waals surface area (Å²) in [6.07, 6.45) is 2.93. The lowest BCUT2D eigenvalue weighted by molar-refractivity contribution is 0.858. The fourth-order valence-electron chi connectivity index (χ4n) is 0.341. The fraction of sp³-hybridized carbons (Fsp3) is 0.778. The summed E-state index contributed by atoms with van der Waals surface area (Å²) in [7, 11) is 1.91. The lowest BCUT2D eigenvalue weighted by Gasteiger charge is -1.84. The molecule has 1 rings (SSSR count). The third kappa shape index (κ3) is 7.25. The van der Waals surface area contributed by atoms with Gasteiger partial charge in [-0.25, -0.2) is 0 Å². The Kier molecular flexibility index (Phi) is 11.6. The predicted molar refractivity (Wildman–Crippen MR) is 53.1 cm³/mol. The van der Waals surface area contributed by atoms with E-state index in [9.17, 15) is 0 Å². The van der Waals surface area contributed by atoms with Crippen LogP contribution in [0.3, 0.4) is 0 Å². The van der Waals surface area contributed by atoms with Crippen molar-refractivity contribution in [2.75, 3.05) is 0 Å². The van der Waals surface area contributed by atoms with Crippen molar-refractivity contribution in [3.8, 4) is 0 Å². The molecule has 0 aliphatic rings. The van der Waals surface area contributed by atoms with Crippen molar-refractivity contribution in [3.05, 3.63) is 12.2 Å². The second kappa shape index (κ2) is 10.1. The summed E-state index contributed by atoms with van der Waals surface area (Å²) in [5.74, 6) is 0.944. The summed E-state index contributed by atoms with van der Waals surface area (Å²) in [6.45, 7) is 10.2. The molecule has 0 aliphatic heterocycles. The van der Waals surface area contributed by atoms with E-state index >= 15 is 0 Å². The summed E-state index contributed by atoms with van der Waals surface area (Å²) < 4.78 is 1.86. The number of hydrogen-bond donors (Lipinski definition) is 0. The zero-order chi connectivity index (χ0) is 9.98. The Balaban J connectivity index is 0. The van der Waals surface area contributed by atoms with Crippen LogP contribution in [-0.2, 0) is 7.05 Å². The number of nitrogens with zero attached hydrogens (tertiary/aromatic N) is 3. The molecule has 1 aromatic rings. The second-order valence-corrected chi connectivity index (χ2v) is 2.20. The van der Waals surface area contributed by atoms with Crippen LogP contribution in [0.2, 0.25) is 0 Å². The molecule has 0 aromatic carbocycles. The van der Waals surface area contributed by atoms with Crippen molar-refractivity contribution in [2.45, 2.75) is 41.0 Å². The minimum Gasteiger partial charge on any atom is -0.321 e. The van der Waals surface area contributed by atoms with Gasteiger partial charge in [0.05, 0.1) is 0 Å². The van der Waals surface area contributed by atoms with Crippen molar-refractivity contribution >= 4 is 0 Å². The molecule has 0 bridgehead atoms. The van der Waals surface area contributed by atoms with E-state index in [2.05, 4.69) is 24.0 Å². The number of aryl methyl sites for hydroxylation is 2. The largest absolute Gasteiger partial charge is 0.321 e. The molecule has 12 heavy (non-hydrogen) atoms. The second-order valence-electron chi connectivity index (χ2n) is 2.20. The van der Waals surface area contributed by atoms with Crippen LogP contribution in [0.1, 0.15) is 39.9 Å². The zero-order valence-electron chi connectivity index (χ0n) is 9.13. The molecule has 3 nitrogen and oxygen atoms in total. The maximum atomic E-state index is 3.73. The maximum absolute atomic E-state index is 3.73. The standard InChI is InChI=1S/C4H7N3.C3H8.C2H6/c1-4-6-5-3-7(4)2;1-3-2;1-2/h3H,1-2H3;3H2,1-2H3;1-2H3. The minimum atomic E-state index is 0.944. The Morgan fingerprint density at radius 1 is 1.33 bits per heavy atom. The van der Waals surface area contributed by atoms with Gasteiger partial charge in [0, 0.05) is 7.05 Å². The van der Waals surface area contributed by atoms with Crippen LogP contribution in [0.15, 0.2) is 6.33 Å². The first kappa shape index (κ1) is 13.7. The monoisotopic (exact) mass is 171 g/mol. The van der Waals surface area contributed by atoms with Crippen molar-refractivity contribution in [3.63, 3.8) is 0 Å². The summed E-state index contributed by atoms with van der Waals surface area (Å²) in [6, 6.07) is 0. The lowest BCUT2D eigenvalue weighted by atomic mass is 10.6. The number of hydrogen-bond acceptors (Lipinski definition) is 2. The highest BCUT2D eigenvalue weighted by Crippen LogP contribution is 1.82. The third-order valence-corrected chi connectivity index (χ3v) is 0.938. The van der Waals surface area contributed by atoms with Gasteiger partial charge in [0.1, 0.15) is 12.2 Å². The van der Waals surface area contributed by atoms with E-state index in [-0.39, 0.29) is 0 Å². The molecule has 0 amide bonds. The quantitative estimate of drug-likeness (QED) is 0.600.